The summed E-state index contributed by atoms with van der Waals surface area (Å²) in [6, 6.07) is 16.2. The SMILES string of the molecule is COc1ccccc1-n1c(CNc2ccccc2C)nnc1SCC(=O)NC1CCCC1. The summed E-state index contributed by atoms with van der Waals surface area (Å²) in [4.78, 5) is 12.5. The van der Waals surface area contributed by atoms with Gasteiger partial charge in [0, 0.05) is 11.7 Å². The lowest BCUT2D eigenvalue weighted by atomic mass is 10.2. The number of hydrogen-bond donors (Lipinski definition) is 2. The van der Waals surface area contributed by atoms with Crippen LogP contribution in [0.1, 0.15) is 37.1 Å². The molecule has 7 nitrogen and oxygen atoms in total. The fourth-order valence-corrected chi connectivity index (χ4v) is 4.75. The smallest absolute Gasteiger partial charge is 0.230 e. The number of thioether (sulfide) groups is 1. The number of nitrogens with zero attached hydrogens (tertiary/aromatic N) is 3. The summed E-state index contributed by atoms with van der Waals surface area (Å²) < 4.78 is 7.56. The lowest BCUT2D eigenvalue weighted by molar-refractivity contribution is -0.119. The molecule has 2 aromatic carbocycles. The third-order valence-electron chi connectivity index (χ3n) is 5.66. The molecule has 1 saturated carbocycles. The Morgan fingerprint density at radius 1 is 1.12 bits per heavy atom. The quantitative estimate of drug-likeness (QED) is 0.471. The molecule has 1 aliphatic carbocycles. The topological polar surface area (TPSA) is 81.1 Å². The van der Waals surface area contributed by atoms with Gasteiger partial charge in [-0.1, -0.05) is 54.9 Å². The van der Waals surface area contributed by atoms with Gasteiger partial charge in [0.15, 0.2) is 11.0 Å². The summed E-state index contributed by atoms with van der Waals surface area (Å²) in [6.45, 7) is 2.56. The van der Waals surface area contributed by atoms with Crippen LogP contribution in [0.2, 0.25) is 0 Å². The van der Waals surface area contributed by atoms with Crippen molar-refractivity contribution in [3.05, 3.63) is 59.9 Å². The highest BCUT2D eigenvalue weighted by molar-refractivity contribution is 7.99. The number of para-hydroxylation sites is 3. The van der Waals surface area contributed by atoms with Gasteiger partial charge < -0.3 is 15.4 Å². The molecule has 32 heavy (non-hydrogen) atoms. The number of anilines is 1. The Labute approximate surface area is 193 Å². The van der Waals surface area contributed by atoms with Gasteiger partial charge in [0.25, 0.3) is 0 Å². The van der Waals surface area contributed by atoms with E-state index in [0.29, 0.717) is 23.5 Å². The third kappa shape index (κ3) is 5.24. The van der Waals surface area contributed by atoms with Gasteiger partial charge in [0.05, 0.1) is 25.1 Å². The second-order valence-corrected chi connectivity index (χ2v) is 8.85. The zero-order valence-electron chi connectivity index (χ0n) is 18.5. The first-order chi connectivity index (χ1) is 15.7. The van der Waals surface area contributed by atoms with E-state index in [1.165, 1.54) is 24.6 Å². The Balaban J connectivity index is 1.55. The van der Waals surface area contributed by atoms with Gasteiger partial charge in [-0.15, -0.1) is 10.2 Å². The van der Waals surface area contributed by atoms with Gasteiger partial charge in [0.2, 0.25) is 5.91 Å². The van der Waals surface area contributed by atoms with Crippen molar-refractivity contribution >= 4 is 23.4 Å². The highest BCUT2D eigenvalue weighted by Gasteiger charge is 2.20. The molecule has 3 aromatic rings. The minimum Gasteiger partial charge on any atom is -0.495 e. The van der Waals surface area contributed by atoms with E-state index in [1.807, 2.05) is 47.0 Å². The van der Waals surface area contributed by atoms with Gasteiger partial charge in [-0.05, 0) is 43.5 Å². The van der Waals surface area contributed by atoms with Gasteiger partial charge in [-0.25, -0.2) is 0 Å². The molecule has 1 aliphatic rings. The molecular weight excluding hydrogens is 422 g/mol. The van der Waals surface area contributed by atoms with Crippen molar-refractivity contribution in [1.29, 1.82) is 0 Å². The van der Waals surface area contributed by atoms with Crippen LogP contribution >= 0.6 is 11.8 Å². The number of rotatable bonds is 9. The Hall–Kier alpha value is -3.00. The minimum atomic E-state index is 0.0380. The lowest BCUT2D eigenvalue weighted by Gasteiger charge is -2.15. The number of carbonyl (C=O) groups excluding carboxylic acids is 1. The maximum absolute atomic E-state index is 12.5. The van der Waals surface area contributed by atoms with E-state index in [4.69, 9.17) is 4.74 Å². The van der Waals surface area contributed by atoms with Crippen molar-refractivity contribution in [3.63, 3.8) is 0 Å². The molecule has 0 bridgehead atoms. The monoisotopic (exact) mass is 451 g/mol. The molecular formula is C24H29N5O2S. The van der Waals surface area contributed by atoms with Crippen LogP contribution in [0, 0.1) is 6.92 Å². The number of carbonyl (C=O) groups is 1. The fraction of sp³-hybridized carbons (Fsp3) is 0.375. The Morgan fingerprint density at radius 2 is 1.88 bits per heavy atom. The van der Waals surface area contributed by atoms with Gasteiger partial charge in [-0.2, -0.15) is 0 Å². The maximum atomic E-state index is 12.5. The summed E-state index contributed by atoms with van der Waals surface area (Å²) in [5, 5.41) is 16.1. The van der Waals surface area contributed by atoms with Crippen LogP contribution in [0.5, 0.6) is 5.75 Å². The fourth-order valence-electron chi connectivity index (χ4n) is 3.98. The van der Waals surface area contributed by atoms with Crippen molar-refractivity contribution in [1.82, 2.24) is 20.1 Å². The largest absolute Gasteiger partial charge is 0.495 e. The summed E-state index contributed by atoms with van der Waals surface area (Å²) >= 11 is 1.39. The molecule has 0 atom stereocenters. The molecule has 1 heterocycles. The first-order valence-corrected chi connectivity index (χ1v) is 11.9. The van der Waals surface area contributed by atoms with Crippen LogP contribution in [-0.4, -0.2) is 39.6 Å². The van der Waals surface area contributed by atoms with Crippen LogP contribution < -0.4 is 15.4 Å². The molecule has 2 N–H and O–H groups in total. The Morgan fingerprint density at radius 3 is 2.66 bits per heavy atom. The number of hydrogen-bond acceptors (Lipinski definition) is 6. The third-order valence-corrected chi connectivity index (χ3v) is 6.59. The molecule has 8 heteroatoms. The minimum absolute atomic E-state index is 0.0380. The predicted octanol–water partition coefficient (Wildman–Crippen LogP) is 4.35. The Kier molecular flexibility index (Phi) is 7.32. The Bertz CT molecular complexity index is 1060. The number of nitrogens with one attached hydrogen (secondary N) is 2. The van der Waals surface area contributed by atoms with Gasteiger partial charge >= 0.3 is 0 Å². The molecule has 0 unspecified atom stereocenters. The average molecular weight is 452 g/mol. The normalized spacial score (nSPS) is 13.8. The van der Waals surface area contributed by atoms with Gasteiger partial charge in [0.1, 0.15) is 5.75 Å². The van der Waals surface area contributed by atoms with Crippen molar-refractivity contribution in [2.75, 3.05) is 18.2 Å². The van der Waals surface area contributed by atoms with Crippen LogP contribution in [0.4, 0.5) is 5.69 Å². The van der Waals surface area contributed by atoms with Crippen LogP contribution in [0.15, 0.2) is 53.7 Å². The number of ether oxygens (including phenoxy) is 1. The highest BCUT2D eigenvalue weighted by Crippen LogP contribution is 2.29. The summed E-state index contributed by atoms with van der Waals surface area (Å²) in [6.07, 6.45) is 4.53. The van der Waals surface area contributed by atoms with Crippen LogP contribution in [0.25, 0.3) is 5.69 Å². The van der Waals surface area contributed by atoms with Crippen molar-refractivity contribution in [3.8, 4) is 11.4 Å². The molecule has 4 rings (SSSR count). The predicted molar refractivity (Wildman–Crippen MR) is 128 cm³/mol. The van der Waals surface area contributed by atoms with E-state index >= 15 is 0 Å². The first kappa shape index (κ1) is 22.2. The summed E-state index contributed by atoms with van der Waals surface area (Å²) in [5.41, 5.74) is 3.06. The van der Waals surface area contributed by atoms with E-state index in [2.05, 4.69) is 33.8 Å². The molecule has 1 amide bonds. The molecule has 168 valence electrons. The van der Waals surface area contributed by atoms with E-state index in [9.17, 15) is 4.79 Å². The number of aryl methyl sites for hydroxylation is 1. The van der Waals surface area contributed by atoms with Gasteiger partial charge in [-0.3, -0.25) is 9.36 Å². The molecule has 0 aliphatic heterocycles. The summed E-state index contributed by atoms with van der Waals surface area (Å²) in [5.74, 6) is 1.81. The van der Waals surface area contributed by atoms with Crippen molar-refractivity contribution < 1.29 is 9.53 Å². The highest BCUT2D eigenvalue weighted by atomic mass is 32.2. The molecule has 0 spiro atoms. The second kappa shape index (κ2) is 10.5. The van der Waals surface area contributed by atoms with Crippen LogP contribution in [-0.2, 0) is 11.3 Å². The molecule has 1 aromatic heterocycles. The number of methoxy groups -OCH3 is 1. The molecule has 1 fully saturated rings. The zero-order chi connectivity index (χ0) is 22.3. The van der Waals surface area contributed by atoms with Crippen molar-refractivity contribution in [2.45, 2.75) is 50.4 Å². The average Bonchev–Trinajstić information content (AvgIpc) is 3.47. The van der Waals surface area contributed by atoms with Crippen LogP contribution in [0.3, 0.4) is 0 Å². The number of aromatic nitrogens is 3. The van der Waals surface area contributed by atoms with E-state index < -0.39 is 0 Å². The van der Waals surface area contributed by atoms with E-state index in [1.54, 1.807) is 7.11 Å². The molecule has 0 saturated heterocycles. The maximum Gasteiger partial charge on any atom is 0.230 e. The zero-order valence-corrected chi connectivity index (χ0v) is 19.3. The molecule has 0 radical (unpaired) electrons. The standard InChI is InChI=1S/C24H29N5O2S/c1-17-9-3-6-12-19(17)25-15-22-27-28-24(29(22)20-13-7-8-14-21(20)31-2)32-16-23(30)26-18-10-4-5-11-18/h3,6-9,12-14,18,25H,4-5,10-11,15-16H2,1-2H3,(H,26,30). The number of benzene rings is 2. The van der Waals surface area contributed by atoms with E-state index in [0.717, 1.165) is 41.4 Å². The second-order valence-electron chi connectivity index (χ2n) is 7.91. The lowest BCUT2D eigenvalue weighted by Crippen LogP contribution is -2.33. The van der Waals surface area contributed by atoms with Crippen molar-refractivity contribution in [2.24, 2.45) is 0 Å². The summed E-state index contributed by atoms with van der Waals surface area (Å²) in [7, 11) is 1.65. The van der Waals surface area contributed by atoms with E-state index in [-0.39, 0.29) is 5.91 Å². The number of amides is 1. The first-order valence-electron chi connectivity index (χ1n) is 10.9.